The summed E-state index contributed by atoms with van der Waals surface area (Å²) >= 11 is 7.50. The maximum atomic E-state index is 13.6. The fourth-order valence-electron chi connectivity index (χ4n) is 3.57. The van der Waals surface area contributed by atoms with Crippen molar-refractivity contribution >= 4 is 62.4 Å². The summed E-state index contributed by atoms with van der Waals surface area (Å²) in [6.45, 7) is 3.75. The van der Waals surface area contributed by atoms with Crippen LogP contribution in [0, 0.1) is 0 Å². The lowest BCUT2D eigenvalue weighted by molar-refractivity contribution is -0.139. The summed E-state index contributed by atoms with van der Waals surface area (Å²) < 4.78 is 14.0. The number of thiazole rings is 1. The maximum Gasteiger partial charge on any atom is 0.338 e. The van der Waals surface area contributed by atoms with Gasteiger partial charge in [0.15, 0.2) is 15.1 Å². The Kier molecular flexibility index (Phi) is 6.87. The van der Waals surface area contributed by atoms with Crippen LogP contribution in [0.3, 0.4) is 0 Å². The van der Waals surface area contributed by atoms with E-state index in [-0.39, 0.29) is 12.2 Å². The van der Waals surface area contributed by atoms with Gasteiger partial charge in [-0.3, -0.25) is 9.36 Å². The van der Waals surface area contributed by atoms with Crippen molar-refractivity contribution in [3.63, 3.8) is 0 Å². The highest BCUT2D eigenvalue weighted by molar-refractivity contribution is 9.10. The molecule has 12 heteroatoms. The number of furan rings is 1. The largest absolute Gasteiger partial charge is 0.463 e. The van der Waals surface area contributed by atoms with Crippen LogP contribution < -0.4 is 14.9 Å². The zero-order valence-electron chi connectivity index (χ0n) is 18.4. The van der Waals surface area contributed by atoms with Gasteiger partial charge in [-0.15, -0.1) is 11.3 Å². The molecule has 0 aliphatic carbocycles. The number of rotatable bonds is 6. The average molecular weight is 590 g/mol. The van der Waals surface area contributed by atoms with Gasteiger partial charge in [-0.05, 0) is 65.1 Å². The molecule has 4 aromatic heterocycles. The van der Waals surface area contributed by atoms with Crippen LogP contribution in [0.4, 0.5) is 0 Å². The Balaban J connectivity index is 1.59. The lowest BCUT2D eigenvalue weighted by Gasteiger charge is -2.23. The number of nitrogens with zero attached hydrogens (tertiary/aromatic N) is 4. The van der Waals surface area contributed by atoms with Crippen LogP contribution in [-0.2, 0) is 9.53 Å². The van der Waals surface area contributed by atoms with Gasteiger partial charge in [-0.2, -0.15) is 0 Å². The number of halogens is 1. The molecule has 0 aromatic carbocycles. The lowest BCUT2D eigenvalue weighted by atomic mass is 10.0. The summed E-state index contributed by atoms with van der Waals surface area (Å²) in [5, 5.41) is 3.04. The van der Waals surface area contributed by atoms with Gasteiger partial charge in [0, 0.05) is 23.3 Å². The van der Waals surface area contributed by atoms with Gasteiger partial charge < -0.3 is 9.15 Å². The normalized spacial score (nSPS) is 15.7. The minimum Gasteiger partial charge on any atom is -0.463 e. The highest BCUT2D eigenvalue weighted by Gasteiger charge is 2.33. The van der Waals surface area contributed by atoms with E-state index < -0.39 is 12.0 Å². The lowest BCUT2D eigenvalue weighted by Crippen LogP contribution is -2.39. The molecule has 8 nitrogen and oxygen atoms in total. The van der Waals surface area contributed by atoms with E-state index in [0.29, 0.717) is 36.6 Å². The molecule has 5 heterocycles. The van der Waals surface area contributed by atoms with Crippen LogP contribution in [0.2, 0.25) is 0 Å². The third-order valence-electron chi connectivity index (χ3n) is 5.00. The molecule has 1 atom stereocenters. The van der Waals surface area contributed by atoms with Crippen molar-refractivity contribution in [1.29, 1.82) is 0 Å². The molecular weight excluding hydrogens is 572 g/mol. The minimum atomic E-state index is -0.600. The summed E-state index contributed by atoms with van der Waals surface area (Å²) in [6, 6.07) is 6.73. The number of thiophene rings is 1. The van der Waals surface area contributed by atoms with E-state index in [2.05, 4.69) is 30.9 Å². The van der Waals surface area contributed by atoms with Crippen molar-refractivity contribution in [3.05, 3.63) is 88.1 Å². The van der Waals surface area contributed by atoms with E-state index in [1.165, 1.54) is 34.4 Å². The first-order valence-corrected chi connectivity index (χ1v) is 13.7. The monoisotopic (exact) mass is 588 g/mol. The molecule has 0 bridgehead atoms. The van der Waals surface area contributed by atoms with Gasteiger partial charge in [0.05, 0.1) is 26.9 Å². The van der Waals surface area contributed by atoms with Crippen molar-refractivity contribution in [1.82, 2.24) is 14.5 Å². The number of allylic oxidation sites excluding steroid dienone is 1. The number of esters is 1. The van der Waals surface area contributed by atoms with Crippen LogP contribution in [0.25, 0.3) is 6.08 Å². The number of hydrogen-bond acceptors (Lipinski definition) is 10. The SMILES string of the molecule is CCOC(=O)C1=C(C)N=c2s/c(=C/c3cc(Br)c(Sc4ncccn4)o3)c(=O)n2[C@H]1c1cccs1. The quantitative estimate of drug-likeness (QED) is 0.246. The van der Waals surface area contributed by atoms with Crippen molar-refractivity contribution in [3.8, 4) is 0 Å². The highest BCUT2D eigenvalue weighted by atomic mass is 79.9. The third kappa shape index (κ3) is 4.70. The summed E-state index contributed by atoms with van der Waals surface area (Å²) in [6.07, 6.45) is 4.99. The molecule has 0 saturated carbocycles. The molecule has 0 spiro atoms. The summed E-state index contributed by atoms with van der Waals surface area (Å²) in [4.78, 5) is 40.8. The fraction of sp³-hybridized carbons (Fsp3) is 0.174. The first kappa shape index (κ1) is 23.9. The summed E-state index contributed by atoms with van der Waals surface area (Å²) in [5.74, 6) is 0.0239. The number of hydrogen-bond donors (Lipinski definition) is 0. The van der Waals surface area contributed by atoms with Gasteiger partial charge in [0.2, 0.25) is 0 Å². The van der Waals surface area contributed by atoms with E-state index in [9.17, 15) is 9.59 Å². The van der Waals surface area contributed by atoms with Crippen molar-refractivity contribution in [2.45, 2.75) is 30.1 Å². The number of aromatic nitrogens is 3. The Morgan fingerprint density at radius 2 is 2.14 bits per heavy atom. The molecule has 0 amide bonds. The predicted molar refractivity (Wildman–Crippen MR) is 137 cm³/mol. The van der Waals surface area contributed by atoms with Gasteiger partial charge >= 0.3 is 5.97 Å². The number of ether oxygens (including phenoxy) is 1. The first-order valence-electron chi connectivity index (χ1n) is 10.4. The Morgan fingerprint density at radius 3 is 2.86 bits per heavy atom. The van der Waals surface area contributed by atoms with E-state index in [1.807, 2.05) is 17.5 Å². The third-order valence-corrected chi connectivity index (χ3v) is 8.64. The smallest absolute Gasteiger partial charge is 0.338 e. The number of fused-ring (bicyclic) bond motifs is 1. The first-order chi connectivity index (χ1) is 17.0. The Labute approximate surface area is 219 Å². The molecule has 1 aliphatic heterocycles. The number of carbonyl (C=O) groups is 1. The van der Waals surface area contributed by atoms with Crippen molar-refractivity contribution < 1.29 is 13.9 Å². The highest BCUT2D eigenvalue weighted by Crippen LogP contribution is 2.35. The zero-order valence-corrected chi connectivity index (χ0v) is 22.5. The fourth-order valence-corrected chi connectivity index (χ4v) is 6.65. The molecule has 0 unspecified atom stereocenters. The molecule has 0 radical (unpaired) electrons. The second-order valence-corrected chi connectivity index (χ2v) is 11.0. The summed E-state index contributed by atoms with van der Waals surface area (Å²) in [5.41, 5.74) is 0.655. The molecule has 0 fully saturated rings. The van der Waals surface area contributed by atoms with Crippen LogP contribution >= 0.6 is 50.4 Å². The maximum absolute atomic E-state index is 13.6. The molecule has 0 N–H and O–H groups in total. The van der Waals surface area contributed by atoms with Gasteiger partial charge in [-0.1, -0.05) is 17.4 Å². The standard InChI is InChI=1S/C23H17BrN4O4S3/c1-3-31-20(30)17-12(2)27-23-28(18(17)15-6-4-9-33-15)19(29)16(34-23)11-13-10-14(24)21(32-13)35-22-25-7-5-8-26-22/h4-11,18H,3H2,1-2H3/b16-11+/t18-/m0/s1. The molecule has 5 rings (SSSR count). The molecule has 1 aliphatic rings. The Bertz CT molecular complexity index is 1600. The summed E-state index contributed by atoms with van der Waals surface area (Å²) in [7, 11) is 0. The molecule has 4 aromatic rings. The molecule has 35 heavy (non-hydrogen) atoms. The molecule has 178 valence electrons. The average Bonchev–Trinajstić information content (AvgIpc) is 3.55. The predicted octanol–water partition coefficient (Wildman–Crippen LogP) is 4.16. The van der Waals surface area contributed by atoms with Gasteiger partial charge in [0.1, 0.15) is 11.8 Å². The van der Waals surface area contributed by atoms with Crippen LogP contribution in [0.1, 0.15) is 30.5 Å². The Hall–Kier alpha value is -2.80. The van der Waals surface area contributed by atoms with Crippen LogP contribution in [-0.4, -0.2) is 27.1 Å². The van der Waals surface area contributed by atoms with Crippen LogP contribution in [0.5, 0.6) is 0 Å². The molecular formula is C23H17BrN4O4S3. The van der Waals surface area contributed by atoms with Gasteiger partial charge in [0.25, 0.3) is 5.56 Å². The van der Waals surface area contributed by atoms with Crippen molar-refractivity contribution in [2.24, 2.45) is 4.99 Å². The van der Waals surface area contributed by atoms with Gasteiger partial charge in [-0.25, -0.2) is 19.8 Å². The minimum absolute atomic E-state index is 0.235. The second kappa shape index (κ2) is 10.1. The van der Waals surface area contributed by atoms with E-state index >= 15 is 0 Å². The van der Waals surface area contributed by atoms with E-state index in [1.54, 1.807) is 49.0 Å². The van der Waals surface area contributed by atoms with Crippen LogP contribution in [0.15, 0.2) is 82.2 Å². The molecule has 0 saturated heterocycles. The topological polar surface area (TPSA) is 99.6 Å². The second-order valence-electron chi connectivity index (χ2n) is 7.24. The number of carbonyl (C=O) groups excluding carboxylic acids is 1. The van der Waals surface area contributed by atoms with E-state index in [0.717, 1.165) is 9.35 Å². The van der Waals surface area contributed by atoms with Crippen molar-refractivity contribution in [2.75, 3.05) is 6.61 Å². The van der Waals surface area contributed by atoms with E-state index in [4.69, 9.17) is 9.15 Å². The Morgan fingerprint density at radius 1 is 1.34 bits per heavy atom. The zero-order chi connectivity index (χ0) is 24.5.